The number of benzene rings is 2. The number of halogens is 2. The number of nitrogens with zero attached hydrogens (tertiary/aromatic N) is 1. The summed E-state index contributed by atoms with van der Waals surface area (Å²) < 4.78 is 40.5. The largest absolute Gasteiger partial charge is 0.293 e. The Balaban J connectivity index is 2.08. The summed E-state index contributed by atoms with van der Waals surface area (Å²) in [4.78, 5) is 11.5. The Hall–Kier alpha value is -1.57. The molecule has 0 aliphatic carbocycles. The van der Waals surface area contributed by atoms with E-state index in [1.54, 1.807) is 18.2 Å². The molecular weight excluding hydrogens is 385 g/mol. The summed E-state index contributed by atoms with van der Waals surface area (Å²) in [6.07, 6.45) is 0. The second-order valence-corrected chi connectivity index (χ2v) is 8.08. The number of rotatable bonds is 2. The average Bonchev–Trinajstić information content (AvgIpc) is 2.51. The highest BCUT2D eigenvalue weighted by Gasteiger charge is 2.39. The Bertz CT molecular complexity index is 881. The number of carbonyl (C=O) groups excluding carboxylic acids is 1. The summed E-state index contributed by atoms with van der Waals surface area (Å²) in [5.41, 5.74) is 1.20. The van der Waals surface area contributed by atoms with Gasteiger partial charge in [0.1, 0.15) is 10.8 Å². The highest BCUT2D eigenvalue weighted by atomic mass is 79.9. The lowest BCUT2D eigenvalue weighted by Gasteiger charge is -2.32. The fourth-order valence-corrected chi connectivity index (χ4v) is 5.12. The third-order valence-electron chi connectivity index (χ3n) is 3.76. The first kappa shape index (κ1) is 16.3. The van der Waals surface area contributed by atoms with Crippen molar-refractivity contribution in [1.29, 1.82) is 0 Å². The number of ketones is 1. The number of aryl methyl sites for hydroxylation is 1. The molecule has 4 nitrogen and oxygen atoms in total. The number of alkyl halides is 1. The first-order valence-electron chi connectivity index (χ1n) is 6.86. The van der Waals surface area contributed by atoms with E-state index >= 15 is 0 Å². The van der Waals surface area contributed by atoms with Crippen molar-refractivity contribution < 1.29 is 17.6 Å². The van der Waals surface area contributed by atoms with Gasteiger partial charge in [-0.15, -0.1) is 0 Å². The highest BCUT2D eigenvalue weighted by molar-refractivity contribution is 9.09. The minimum Gasteiger partial charge on any atom is -0.293 e. The fourth-order valence-electron chi connectivity index (χ4n) is 2.54. The number of hydrogen-bond donors (Lipinski definition) is 0. The molecule has 0 saturated heterocycles. The monoisotopic (exact) mass is 397 g/mol. The maximum atomic E-state index is 13.9. The molecular formula is C16H13BrFNO3S. The SMILES string of the molecule is Cc1ccc(S(=O)(=O)N2CC(=O)c3c(F)cccc3C2Br)cc1. The number of carbonyl (C=O) groups is 1. The maximum absolute atomic E-state index is 13.9. The molecule has 2 aromatic rings. The molecule has 0 bridgehead atoms. The van der Waals surface area contributed by atoms with E-state index in [1.165, 1.54) is 24.3 Å². The van der Waals surface area contributed by atoms with Crippen molar-refractivity contribution in [1.82, 2.24) is 4.31 Å². The minimum absolute atomic E-state index is 0.0512. The molecule has 120 valence electrons. The fraction of sp³-hybridized carbons (Fsp3) is 0.188. The van der Waals surface area contributed by atoms with Crippen LogP contribution in [-0.2, 0) is 10.0 Å². The van der Waals surface area contributed by atoms with Crippen LogP contribution in [-0.4, -0.2) is 25.1 Å². The van der Waals surface area contributed by atoms with Crippen molar-refractivity contribution in [2.75, 3.05) is 6.54 Å². The lowest BCUT2D eigenvalue weighted by molar-refractivity contribution is 0.0944. The molecule has 1 aliphatic heterocycles. The summed E-state index contributed by atoms with van der Waals surface area (Å²) in [6, 6.07) is 10.6. The molecule has 0 N–H and O–H groups in total. The van der Waals surface area contributed by atoms with Gasteiger partial charge in [0.05, 0.1) is 17.0 Å². The average molecular weight is 398 g/mol. The third kappa shape index (κ3) is 2.73. The van der Waals surface area contributed by atoms with Crippen molar-refractivity contribution in [2.45, 2.75) is 16.8 Å². The molecule has 0 saturated carbocycles. The molecule has 7 heteroatoms. The Kier molecular flexibility index (Phi) is 4.12. The zero-order chi connectivity index (χ0) is 16.8. The summed E-state index contributed by atoms with van der Waals surface area (Å²) in [5.74, 6) is -1.19. The van der Waals surface area contributed by atoms with Gasteiger partial charge >= 0.3 is 0 Å². The van der Waals surface area contributed by atoms with E-state index in [9.17, 15) is 17.6 Å². The van der Waals surface area contributed by atoms with Crippen LogP contribution in [0.2, 0.25) is 0 Å². The summed E-state index contributed by atoms with van der Waals surface area (Å²) >= 11 is 3.29. The van der Waals surface area contributed by atoms with E-state index < -0.39 is 33.1 Å². The Labute approximate surface area is 142 Å². The van der Waals surface area contributed by atoms with E-state index in [0.717, 1.165) is 9.87 Å². The van der Waals surface area contributed by atoms with Gasteiger partial charge in [-0.25, -0.2) is 12.8 Å². The zero-order valence-electron chi connectivity index (χ0n) is 12.2. The number of hydrogen-bond acceptors (Lipinski definition) is 3. The van der Waals surface area contributed by atoms with Crippen molar-refractivity contribution in [2.24, 2.45) is 0 Å². The zero-order valence-corrected chi connectivity index (χ0v) is 14.6. The molecule has 0 radical (unpaired) electrons. The molecule has 3 rings (SSSR count). The van der Waals surface area contributed by atoms with Crippen molar-refractivity contribution in [3.05, 3.63) is 65.0 Å². The standard InChI is InChI=1S/C16H13BrFNO3S/c1-10-5-7-11(8-6-10)23(21,22)19-9-14(20)15-12(16(19)17)3-2-4-13(15)18/h2-8,16H,9H2,1H3. The van der Waals surface area contributed by atoms with Crippen LogP contribution in [0.15, 0.2) is 47.4 Å². The van der Waals surface area contributed by atoms with E-state index in [1.807, 2.05) is 6.92 Å². The van der Waals surface area contributed by atoms with Gasteiger partial charge in [-0.1, -0.05) is 45.8 Å². The second kappa shape index (κ2) is 5.81. The highest BCUT2D eigenvalue weighted by Crippen LogP contribution is 2.38. The molecule has 2 aromatic carbocycles. The Morgan fingerprint density at radius 2 is 1.83 bits per heavy atom. The van der Waals surface area contributed by atoms with Gasteiger partial charge in [0.15, 0.2) is 5.78 Å². The lowest BCUT2D eigenvalue weighted by Crippen LogP contribution is -2.41. The van der Waals surface area contributed by atoms with Crippen LogP contribution >= 0.6 is 15.9 Å². The Morgan fingerprint density at radius 3 is 2.48 bits per heavy atom. The topological polar surface area (TPSA) is 54.5 Å². The first-order valence-corrected chi connectivity index (χ1v) is 9.22. The maximum Gasteiger partial charge on any atom is 0.244 e. The smallest absolute Gasteiger partial charge is 0.244 e. The van der Waals surface area contributed by atoms with Crippen LogP contribution in [0.4, 0.5) is 4.39 Å². The van der Waals surface area contributed by atoms with Crippen LogP contribution in [0.5, 0.6) is 0 Å². The van der Waals surface area contributed by atoms with Gasteiger partial charge in [0, 0.05) is 0 Å². The number of fused-ring (bicyclic) bond motifs is 1. The van der Waals surface area contributed by atoms with Gasteiger partial charge < -0.3 is 0 Å². The third-order valence-corrected chi connectivity index (χ3v) is 6.85. The summed E-state index contributed by atoms with van der Waals surface area (Å²) in [5, 5.41) is 0. The van der Waals surface area contributed by atoms with Crippen LogP contribution in [0, 0.1) is 12.7 Å². The van der Waals surface area contributed by atoms with Crippen molar-refractivity contribution in [3.8, 4) is 0 Å². The van der Waals surface area contributed by atoms with Crippen molar-refractivity contribution in [3.63, 3.8) is 0 Å². The van der Waals surface area contributed by atoms with Gasteiger partial charge in [-0.2, -0.15) is 4.31 Å². The van der Waals surface area contributed by atoms with Crippen LogP contribution in [0.1, 0.15) is 26.4 Å². The molecule has 0 amide bonds. The quantitative estimate of drug-likeness (QED) is 0.576. The first-order chi connectivity index (χ1) is 10.8. The van der Waals surface area contributed by atoms with Gasteiger partial charge in [0.25, 0.3) is 0 Å². The van der Waals surface area contributed by atoms with Crippen LogP contribution in [0.25, 0.3) is 0 Å². The van der Waals surface area contributed by atoms with Crippen LogP contribution in [0.3, 0.4) is 0 Å². The normalized spacial score (nSPS) is 18.7. The van der Waals surface area contributed by atoms with Crippen molar-refractivity contribution >= 4 is 31.7 Å². The van der Waals surface area contributed by atoms with E-state index in [2.05, 4.69) is 15.9 Å². The molecule has 1 atom stereocenters. The van der Waals surface area contributed by atoms with Gasteiger partial charge in [-0.3, -0.25) is 4.79 Å². The summed E-state index contributed by atoms with van der Waals surface area (Å²) in [7, 11) is -3.87. The van der Waals surface area contributed by atoms with E-state index in [4.69, 9.17) is 0 Å². The molecule has 0 fully saturated rings. The van der Waals surface area contributed by atoms with Gasteiger partial charge in [-0.05, 0) is 30.7 Å². The summed E-state index contributed by atoms with van der Waals surface area (Å²) in [6.45, 7) is 1.45. The second-order valence-electron chi connectivity index (χ2n) is 5.33. The minimum atomic E-state index is -3.87. The number of sulfonamides is 1. The number of Topliss-reactive ketones (excluding diaryl/α,β-unsaturated/α-hetero) is 1. The lowest BCUT2D eigenvalue weighted by atomic mass is 9.99. The molecule has 1 unspecified atom stereocenters. The van der Waals surface area contributed by atoms with Gasteiger partial charge in [0.2, 0.25) is 10.0 Å². The Morgan fingerprint density at radius 1 is 1.17 bits per heavy atom. The van der Waals surface area contributed by atoms with E-state index in [-0.39, 0.29) is 10.5 Å². The molecule has 0 aromatic heterocycles. The molecule has 23 heavy (non-hydrogen) atoms. The molecule has 1 heterocycles. The van der Waals surface area contributed by atoms with E-state index in [0.29, 0.717) is 5.56 Å². The molecule has 1 aliphatic rings. The predicted molar refractivity (Wildman–Crippen MR) is 87.5 cm³/mol. The predicted octanol–water partition coefficient (Wildman–Crippen LogP) is 3.41. The van der Waals surface area contributed by atoms with Crippen LogP contribution < -0.4 is 0 Å². The molecule has 0 spiro atoms.